The number of ketones is 1. The lowest BCUT2D eigenvalue weighted by molar-refractivity contribution is -0.141. The summed E-state index contributed by atoms with van der Waals surface area (Å²) in [6.07, 6.45) is -4.88. The average Bonchev–Trinajstić information content (AvgIpc) is 3.47. The highest BCUT2D eigenvalue weighted by Crippen LogP contribution is 2.42. The maximum atomic E-state index is 14.4. The Labute approximate surface area is 201 Å². The second kappa shape index (κ2) is 8.38. The number of aromatic nitrogens is 3. The molecule has 0 aliphatic heterocycles. The van der Waals surface area contributed by atoms with E-state index in [4.69, 9.17) is 11.6 Å². The topological polar surface area (TPSA) is 47.8 Å². The Bertz CT molecular complexity index is 1510. The summed E-state index contributed by atoms with van der Waals surface area (Å²) in [5, 5.41) is 6.95. The summed E-state index contributed by atoms with van der Waals surface area (Å²) in [5.41, 5.74) is -0.180. The number of fused-ring (bicyclic) bond motifs is 1. The van der Waals surface area contributed by atoms with E-state index >= 15 is 0 Å². The molecule has 2 aromatic carbocycles. The van der Waals surface area contributed by atoms with Crippen molar-refractivity contribution in [1.29, 1.82) is 0 Å². The lowest BCUT2D eigenvalue weighted by Crippen LogP contribution is -2.18. The highest BCUT2D eigenvalue weighted by Gasteiger charge is 2.41. The third kappa shape index (κ3) is 3.78. The quantitative estimate of drug-likeness (QED) is 0.244. The number of nitrogens with zero attached hydrogens (tertiary/aromatic N) is 3. The third-order valence-electron chi connectivity index (χ3n) is 5.36. The van der Waals surface area contributed by atoms with Gasteiger partial charge in [-0.3, -0.25) is 4.79 Å². The van der Waals surface area contributed by atoms with Crippen molar-refractivity contribution < 1.29 is 18.0 Å². The number of carbonyl (C=O) groups is 1. The van der Waals surface area contributed by atoms with Crippen LogP contribution in [-0.4, -0.2) is 20.5 Å². The number of thiophene rings is 1. The van der Waals surface area contributed by atoms with Crippen molar-refractivity contribution in [3.05, 3.63) is 99.0 Å². The molecule has 4 nitrogen and oxygen atoms in total. The van der Waals surface area contributed by atoms with Gasteiger partial charge in [-0.25, -0.2) is 9.67 Å². The number of halogens is 4. The predicted octanol–water partition coefficient (Wildman–Crippen LogP) is 7.36. The van der Waals surface area contributed by atoms with Crippen molar-refractivity contribution in [2.75, 3.05) is 0 Å². The largest absolute Gasteiger partial charge is 0.434 e. The zero-order valence-corrected chi connectivity index (χ0v) is 19.2. The lowest BCUT2D eigenvalue weighted by Gasteiger charge is -2.17. The van der Waals surface area contributed by atoms with Crippen LogP contribution in [0.3, 0.4) is 0 Å². The van der Waals surface area contributed by atoms with E-state index in [9.17, 15) is 18.0 Å². The van der Waals surface area contributed by atoms with Gasteiger partial charge in [0.05, 0.1) is 27.2 Å². The Morgan fingerprint density at radius 1 is 1.00 bits per heavy atom. The second-order valence-electron chi connectivity index (χ2n) is 7.55. The summed E-state index contributed by atoms with van der Waals surface area (Å²) in [4.78, 5) is 17.7. The van der Waals surface area contributed by atoms with E-state index in [2.05, 4.69) is 10.1 Å². The van der Waals surface area contributed by atoms with Gasteiger partial charge in [0.2, 0.25) is 5.78 Å². The first-order chi connectivity index (χ1) is 16.3. The van der Waals surface area contributed by atoms with Crippen LogP contribution in [0.4, 0.5) is 13.2 Å². The highest BCUT2D eigenvalue weighted by molar-refractivity contribution is 7.12. The molecule has 3 aromatic heterocycles. The normalized spacial score (nSPS) is 11.8. The van der Waals surface area contributed by atoms with Crippen molar-refractivity contribution in [2.45, 2.75) is 13.1 Å². The van der Waals surface area contributed by atoms with E-state index in [-0.39, 0.29) is 16.1 Å². The number of rotatable bonds is 4. The van der Waals surface area contributed by atoms with Gasteiger partial charge >= 0.3 is 6.18 Å². The summed E-state index contributed by atoms with van der Waals surface area (Å²) in [7, 11) is 0. The fourth-order valence-electron chi connectivity index (χ4n) is 3.93. The molecule has 0 saturated carbocycles. The molecule has 5 aromatic rings. The van der Waals surface area contributed by atoms with E-state index in [1.807, 2.05) is 0 Å². The van der Waals surface area contributed by atoms with Crippen LogP contribution < -0.4 is 0 Å². The van der Waals surface area contributed by atoms with Gasteiger partial charge in [-0.15, -0.1) is 11.3 Å². The maximum Gasteiger partial charge on any atom is 0.434 e. The summed E-state index contributed by atoms with van der Waals surface area (Å²) in [5.74, 6) is -0.742. The maximum absolute atomic E-state index is 14.4. The van der Waals surface area contributed by atoms with Gasteiger partial charge in [-0.2, -0.15) is 18.3 Å². The molecule has 0 amide bonds. The fourth-order valence-corrected chi connectivity index (χ4v) is 4.72. The van der Waals surface area contributed by atoms with Gasteiger partial charge in [-0.05, 0) is 48.2 Å². The number of carbonyl (C=O) groups excluding carboxylic acids is 1. The molecule has 0 radical (unpaired) electrons. The molecule has 9 heteroatoms. The average molecular weight is 498 g/mol. The molecule has 0 aliphatic carbocycles. The van der Waals surface area contributed by atoms with Crippen LogP contribution in [-0.2, 0) is 6.18 Å². The molecule has 34 heavy (non-hydrogen) atoms. The fraction of sp³-hybridized carbons (Fsp3) is 0.0800. The van der Waals surface area contributed by atoms with Crippen LogP contribution >= 0.6 is 22.9 Å². The van der Waals surface area contributed by atoms with Crippen molar-refractivity contribution in [3.8, 4) is 16.8 Å². The van der Waals surface area contributed by atoms with E-state index in [0.29, 0.717) is 27.4 Å². The van der Waals surface area contributed by atoms with Crippen LogP contribution in [0.2, 0.25) is 5.02 Å². The molecule has 170 valence electrons. The number of benzene rings is 2. The van der Waals surface area contributed by atoms with Crippen molar-refractivity contribution in [3.63, 3.8) is 0 Å². The minimum absolute atomic E-state index is 0.0173. The number of para-hydroxylation sites is 1. The van der Waals surface area contributed by atoms with Crippen molar-refractivity contribution in [2.24, 2.45) is 0 Å². The first-order valence-electron chi connectivity index (χ1n) is 10.2. The molecular weight excluding hydrogens is 483 g/mol. The van der Waals surface area contributed by atoms with E-state index in [0.717, 1.165) is 11.3 Å². The molecular formula is C25H15ClF3N3OS. The molecule has 0 bridgehead atoms. The molecule has 0 aliphatic rings. The minimum atomic E-state index is -4.88. The number of pyridine rings is 1. The Hall–Kier alpha value is -3.49. The summed E-state index contributed by atoms with van der Waals surface area (Å²) < 4.78 is 44.6. The van der Waals surface area contributed by atoms with Crippen LogP contribution in [0.15, 0.2) is 72.1 Å². The predicted molar refractivity (Wildman–Crippen MR) is 127 cm³/mol. The van der Waals surface area contributed by atoms with Gasteiger partial charge < -0.3 is 0 Å². The van der Waals surface area contributed by atoms with Gasteiger partial charge in [0.25, 0.3) is 0 Å². The first kappa shape index (κ1) is 22.3. The van der Waals surface area contributed by atoms with Gasteiger partial charge in [0.1, 0.15) is 0 Å². The van der Waals surface area contributed by atoms with Crippen LogP contribution in [0.1, 0.15) is 26.6 Å². The van der Waals surface area contributed by atoms with E-state index in [1.165, 1.54) is 10.7 Å². The number of hydrogen-bond donors (Lipinski definition) is 0. The zero-order chi connectivity index (χ0) is 24.0. The minimum Gasteiger partial charge on any atom is -0.288 e. The molecule has 0 unspecified atom stereocenters. The first-order valence-corrected chi connectivity index (χ1v) is 11.4. The Balaban J connectivity index is 1.96. The monoisotopic (exact) mass is 497 g/mol. The van der Waals surface area contributed by atoms with Gasteiger partial charge in [0, 0.05) is 10.6 Å². The Morgan fingerprint density at radius 2 is 1.71 bits per heavy atom. The van der Waals surface area contributed by atoms with E-state index in [1.54, 1.807) is 73.0 Å². The van der Waals surface area contributed by atoms with Crippen LogP contribution in [0, 0.1) is 6.92 Å². The molecule has 0 spiro atoms. The highest BCUT2D eigenvalue weighted by atomic mass is 35.5. The molecule has 5 rings (SSSR count). The SMILES string of the molecule is Cc1nn(-c2ccccc2)c2nc(C(F)(F)F)c(C(=O)c3cccs3)c(-c3ccc(Cl)cc3)c12. The summed E-state index contributed by atoms with van der Waals surface area (Å²) in [6.45, 7) is 1.69. The summed E-state index contributed by atoms with van der Waals surface area (Å²) >= 11 is 7.12. The standard InChI is InChI=1S/C25H15ClF3N3OS/c1-14-19-20(15-9-11-16(26)12-10-15)21(22(33)18-8-5-13-34-18)23(25(27,28)29)30-24(19)32(31-14)17-6-3-2-4-7-17/h2-13H,1H3. The molecule has 0 fully saturated rings. The molecule has 0 saturated heterocycles. The number of aryl methyl sites for hydroxylation is 1. The van der Waals surface area contributed by atoms with Crippen molar-refractivity contribution in [1.82, 2.24) is 14.8 Å². The number of alkyl halides is 3. The smallest absolute Gasteiger partial charge is 0.288 e. The molecule has 0 atom stereocenters. The van der Waals surface area contributed by atoms with Crippen LogP contribution in [0.5, 0.6) is 0 Å². The molecule has 0 N–H and O–H groups in total. The van der Waals surface area contributed by atoms with Crippen LogP contribution in [0.25, 0.3) is 27.8 Å². The van der Waals surface area contributed by atoms with Crippen molar-refractivity contribution >= 4 is 39.8 Å². The zero-order valence-electron chi connectivity index (χ0n) is 17.6. The lowest BCUT2D eigenvalue weighted by atomic mass is 9.91. The van der Waals surface area contributed by atoms with Gasteiger partial charge in [-0.1, -0.05) is 48.0 Å². The summed E-state index contributed by atoms with van der Waals surface area (Å²) in [6, 6.07) is 18.3. The third-order valence-corrected chi connectivity index (χ3v) is 6.49. The Kier molecular flexibility index (Phi) is 5.50. The number of hydrogen-bond acceptors (Lipinski definition) is 4. The Morgan fingerprint density at radius 3 is 2.32 bits per heavy atom. The molecule has 3 heterocycles. The second-order valence-corrected chi connectivity index (χ2v) is 8.94. The van der Waals surface area contributed by atoms with Gasteiger partial charge in [0.15, 0.2) is 11.3 Å². The van der Waals surface area contributed by atoms with E-state index < -0.39 is 23.2 Å².